The van der Waals surface area contributed by atoms with E-state index < -0.39 is 0 Å². The molecule has 4 rings (SSSR count). The summed E-state index contributed by atoms with van der Waals surface area (Å²) in [5.41, 5.74) is 5.14. The number of aromatic nitrogens is 4. The predicted octanol–water partition coefficient (Wildman–Crippen LogP) is 4.22. The molecule has 0 radical (unpaired) electrons. The summed E-state index contributed by atoms with van der Waals surface area (Å²) in [6.45, 7) is 4.07. The van der Waals surface area contributed by atoms with Gasteiger partial charge in [0.1, 0.15) is 0 Å². The molecule has 22 heavy (non-hydrogen) atoms. The van der Waals surface area contributed by atoms with Crippen LogP contribution in [-0.4, -0.2) is 19.6 Å². The number of halogens is 1. The number of benzene rings is 2. The van der Waals surface area contributed by atoms with Crippen molar-refractivity contribution in [1.82, 2.24) is 19.6 Å². The van der Waals surface area contributed by atoms with E-state index in [9.17, 15) is 0 Å². The average Bonchev–Trinajstić information content (AvgIpc) is 2.99. The van der Waals surface area contributed by atoms with E-state index in [1.165, 1.54) is 5.56 Å². The lowest BCUT2D eigenvalue weighted by Gasteiger charge is -2.06. The molecule has 0 atom stereocenters. The number of rotatable bonds is 2. The summed E-state index contributed by atoms with van der Waals surface area (Å²) in [5, 5.41) is 7.16. The van der Waals surface area contributed by atoms with Gasteiger partial charge in [-0.25, -0.2) is 9.50 Å². The third-order valence-electron chi connectivity index (χ3n) is 3.67. The van der Waals surface area contributed by atoms with Crippen LogP contribution in [0.4, 0.5) is 11.6 Å². The van der Waals surface area contributed by atoms with Gasteiger partial charge in [0.15, 0.2) is 0 Å². The van der Waals surface area contributed by atoms with Gasteiger partial charge in [0.25, 0.3) is 5.78 Å². The Morgan fingerprint density at radius 1 is 1.09 bits per heavy atom. The van der Waals surface area contributed by atoms with E-state index in [-0.39, 0.29) is 0 Å². The first kappa shape index (κ1) is 13.2. The van der Waals surface area contributed by atoms with E-state index in [0.29, 0.717) is 16.7 Å². The Morgan fingerprint density at radius 2 is 1.95 bits per heavy atom. The summed E-state index contributed by atoms with van der Waals surface area (Å²) in [6.07, 6.45) is 0. The van der Waals surface area contributed by atoms with E-state index in [1.54, 1.807) is 0 Å². The van der Waals surface area contributed by atoms with E-state index >= 15 is 0 Å². The lowest BCUT2D eigenvalue weighted by molar-refractivity contribution is 1.01. The van der Waals surface area contributed by atoms with Crippen LogP contribution in [0.2, 0.25) is 5.02 Å². The molecule has 2 N–H and O–H groups in total. The Balaban J connectivity index is 1.78. The molecule has 0 amide bonds. The highest BCUT2D eigenvalue weighted by atomic mass is 35.5. The summed E-state index contributed by atoms with van der Waals surface area (Å²) in [6, 6.07) is 11.9. The number of nitrogens with one attached hydrogen (secondary N) is 2. The number of H-pyrrole nitrogens is 1. The molecule has 2 heterocycles. The van der Waals surface area contributed by atoms with E-state index in [1.807, 2.05) is 41.8 Å². The van der Waals surface area contributed by atoms with E-state index in [4.69, 9.17) is 11.6 Å². The van der Waals surface area contributed by atoms with Gasteiger partial charge < -0.3 is 5.32 Å². The monoisotopic (exact) mass is 311 g/mol. The Bertz CT molecular complexity index is 999. The number of fused-ring (bicyclic) bond motifs is 3. The average molecular weight is 312 g/mol. The highest BCUT2D eigenvalue weighted by Crippen LogP contribution is 2.24. The topological polar surface area (TPSA) is 58.0 Å². The SMILES string of the molecule is Cc1ccc2c(c1)nc1nc(Nc3cc(Cl)ccc3C)[nH]n12. The van der Waals surface area contributed by atoms with Gasteiger partial charge in [0.2, 0.25) is 5.95 Å². The summed E-state index contributed by atoms with van der Waals surface area (Å²) in [7, 11) is 0. The van der Waals surface area contributed by atoms with Gasteiger partial charge in [-0.05, 0) is 49.2 Å². The number of aromatic amines is 1. The number of hydrogen-bond donors (Lipinski definition) is 2. The molecule has 0 aliphatic rings. The number of aryl methyl sites for hydroxylation is 2. The minimum atomic E-state index is 0.635. The molecule has 6 heteroatoms. The number of nitrogens with zero attached hydrogens (tertiary/aromatic N) is 3. The molecule has 5 nitrogen and oxygen atoms in total. The molecule has 2 aromatic carbocycles. The molecular formula is C16H14ClN5. The maximum absolute atomic E-state index is 6.05. The molecule has 0 fully saturated rings. The van der Waals surface area contributed by atoms with Gasteiger partial charge >= 0.3 is 0 Å². The maximum atomic E-state index is 6.05. The van der Waals surface area contributed by atoms with Crippen molar-refractivity contribution in [3.05, 3.63) is 52.5 Å². The van der Waals surface area contributed by atoms with Gasteiger partial charge in [-0.1, -0.05) is 23.7 Å². The lowest BCUT2D eigenvalue weighted by atomic mass is 10.2. The van der Waals surface area contributed by atoms with Crippen LogP contribution in [0.3, 0.4) is 0 Å². The summed E-state index contributed by atoms with van der Waals surface area (Å²) < 4.78 is 1.87. The van der Waals surface area contributed by atoms with Crippen molar-refractivity contribution in [2.45, 2.75) is 13.8 Å². The predicted molar refractivity (Wildman–Crippen MR) is 89.1 cm³/mol. The van der Waals surface area contributed by atoms with Gasteiger partial charge in [-0.2, -0.15) is 4.98 Å². The molecule has 0 unspecified atom stereocenters. The van der Waals surface area contributed by atoms with Crippen LogP contribution in [0.25, 0.3) is 16.8 Å². The third-order valence-corrected chi connectivity index (χ3v) is 3.91. The first-order valence-corrected chi connectivity index (χ1v) is 7.36. The number of hydrogen-bond acceptors (Lipinski definition) is 3. The van der Waals surface area contributed by atoms with Gasteiger partial charge in [-0.15, -0.1) is 0 Å². The highest BCUT2D eigenvalue weighted by molar-refractivity contribution is 6.30. The van der Waals surface area contributed by atoms with Crippen molar-refractivity contribution in [2.75, 3.05) is 5.32 Å². The highest BCUT2D eigenvalue weighted by Gasteiger charge is 2.10. The standard InChI is InChI=1S/C16H14ClN5/c1-9-3-6-14-13(7-9)19-16-20-15(21-22(14)16)18-12-8-11(17)5-4-10(12)2/h3-8H,1-2H3,(H2,18,19,20,21). The van der Waals surface area contributed by atoms with Crippen LogP contribution < -0.4 is 5.32 Å². The van der Waals surface area contributed by atoms with Crippen LogP contribution in [-0.2, 0) is 0 Å². The fraction of sp³-hybridized carbons (Fsp3) is 0.125. The van der Waals surface area contributed by atoms with Crippen LogP contribution in [0.5, 0.6) is 0 Å². The van der Waals surface area contributed by atoms with Crippen molar-refractivity contribution in [2.24, 2.45) is 0 Å². The molecule has 4 aromatic rings. The second-order valence-corrected chi connectivity index (χ2v) is 5.83. The molecule has 0 bridgehead atoms. The van der Waals surface area contributed by atoms with Crippen LogP contribution >= 0.6 is 11.6 Å². The Kier molecular flexibility index (Phi) is 2.84. The molecule has 0 saturated carbocycles. The van der Waals surface area contributed by atoms with Crippen molar-refractivity contribution in [3.63, 3.8) is 0 Å². The molecular weight excluding hydrogens is 298 g/mol. The van der Waals surface area contributed by atoms with Gasteiger partial charge in [0.05, 0.1) is 11.0 Å². The fourth-order valence-electron chi connectivity index (χ4n) is 2.51. The Hall–Kier alpha value is -2.53. The first-order valence-electron chi connectivity index (χ1n) is 6.98. The van der Waals surface area contributed by atoms with Crippen molar-refractivity contribution >= 4 is 40.0 Å². The van der Waals surface area contributed by atoms with E-state index in [2.05, 4.69) is 33.4 Å². The normalized spacial score (nSPS) is 11.4. The first-order chi connectivity index (χ1) is 10.6. The fourth-order valence-corrected chi connectivity index (χ4v) is 2.68. The maximum Gasteiger partial charge on any atom is 0.253 e. The van der Waals surface area contributed by atoms with Crippen molar-refractivity contribution < 1.29 is 0 Å². The zero-order valence-corrected chi connectivity index (χ0v) is 12.9. The smallest absolute Gasteiger partial charge is 0.253 e. The van der Waals surface area contributed by atoms with Crippen LogP contribution in [0.1, 0.15) is 11.1 Å². The molecule has 2 aromatic heterocycles. The zero-order chi connectivity index (χ0) is 15.3. The van der Waals surface area contributed by atoms with Gasteiger partial charge in [-0.3, -0.25) is 5.10 Å². The minimum absolute atomic E-state index is 0.635. The number of imidazole rings is 1. The summed E-state index contributed by atoms with van der Waals surface area (Å²) in [4.78, 5) is 9.02. The van der Waals surface area contributed by atoms with Crippen molar-refractivity contribution in [1.29, 1.82) is 0 Å². The Labute approximate surface area is 131 Å². The zero-order valence-electron chi connectivity index (χ0n) is 12.2. The Morgan fingerprint density at radius 3 is 2.82 bits per heavy atom. The second kappa shape index (κ2) is 4.74. The number of anilines is 2. The van der Waals surface area contributed by atoms with Crippen LogP contribution in [0.15, 0.2) is 36.4 Å². The molecule has 0 aliphatic heterocycles. The van der Waals surface area contributed by atoms with Gasteiger partial charge in [0, 0.05) is 10.7 Å². The van der Waals surface area contributed by atoms with Crippen LogP contribution in [0, 0.1) is 13.8 Å². The molecule has 0 aliphatic carbocycles. The minimum Gasteiger partial charge on any atom is -0.324 e. The lowest BCUT2D eigenvalue weighted by Crippen LogP contribution is -1.96. The molecule has 0 saturated heterocycles. The molecule has 110 valence electrons. The second-order valence-electron chi connectivity index (χ2n) is 5.40. The summed E-state index contributed by atoms with van der Waals surface area (Å²) >= 11 is 6.05. The largest absolute Gasteiger partial charge is 0.324 e. The quantitative estimate of drug-likeness (QED) is 0.582. The van der Waals surface area contributed by atoms with E-state index in [0.717, 1.165) is 22.3 Å². The third kappa shape index (κ3) is 2.10. The van der Waals surface area contributed by atoms with Crippen molar-refractivity contribution in [3.8, 4) is 0 Å². The molecule has 0 spiro atoms. The summed E-state index contributed by atoms with van der Waals surface area (Å²) in [5.74, 6) is 1.28.